The quantitative estimate of drug-likeness (QED) is 0.0645. The second-order valence-corrected chi connectivity index (χ2v) is 20.6. The van der Waals surface area contributed by atoms with Gasteiger partial charge in [0.05, 0.1) is 48.3 Å². The third kappa shape index (κ3) is 11.3. The number of aliphatic hydroxyl groups is 2. The van der Waals surface area contributed by atoms with E-state index in [2.05, 4.69) is 31.3 Å². The Balaban J connectivity index is 0.000000208. The fourth-order valence-corrected chi connectivity index (χ4v) is 9.93. The highest BCUT2D eigenvalue weighted by Gasteiger charge is 2.44. The molecule has 81 heavy (non-hydrogen) atoms. The molecule has 2 aliphatic rings. The van der Waals surface area contributed by atoms with Crippen molar-refractivity contribution in [3.8, 4) is 57.9 Å². The van der Waals surface area contributed by atoms with Crippen molar-refractivity contribution < 1.29 is 47.5 Å². The number of carbonyl (C=O) groups excluding carboxylic acids is 2. The summed E-state index contributed by atoms with van der Waals surface area (Å²) < 4.78 is 50.4. The molecule has 0 fully saturated rings. The van der Waals surface area contributed by atoms with E-state index in [1.807, 2.05) is 26.0 Å². The van der Waals surface area contributed by atoms with Gasteiger partial charge in [-0.05, 0) is 138 Å². The molecule has 0 aliphatic carbocycles. The Bertz CT molecular complexity index is 3850. The highest BCUT2D eigenvalue weighted by Crippen LogP contribution is 2.49. The Morgan fingerprint density at radius 2 is 1.15 bits per heavy atom. The molecule has 0 radical (unpaired) electrons. The molecule has 4 atom stereocenters. The van der Waals surface area contributed by atoms with E-state index in [0.717, 1.165) is 21.9 Å². The van der Waals surface area contributed by atoms with Crippen molar-refractivity contribution in [1.82, 2.24) is 35.3 Å². The van der Waals surface area contributed by atoms with Gasteiger partial charge in [0.15, 0.2) is 17.3 Å². The Kier molecular flexibility index (Phi) is 16.5. The summed E-state index contributed by atoms with van der Waals surface area (Å²) in [6, 6.07) is 29.7. The molecule has 416 valence electrons. The van der Waals surface area contributed by atoms with E-state index in [1.54, 1.807) is 105 Å². The van der Waals surface area contributed by atoms with Crippen LogP contribution >= 0.6 is 0 Å². The Hall–Kier alpha value is -8.98. The van der Waals surface area contributed by atoms with E-state index < -0.39 is 22.0 Å². The molecule has 5 aromatic heterocycles. The predicted molar refractivity (Wildman–Crippen MR) is 306 cm³/mol. The molecule has 3 N–H and O–H groups in total. The van der Waals surface area contributed by atoms with Crippen LogP contribution in [0.15, 0.2) is 128 Å². The van der Waals surface area contributed by atoms with Crippen molar-refractivity contribution in [2.75, 3.05) is 27.4 Å². The molecule has 0 saturated carbocycles. The van der Waals surface area contributed by atoms with E-state index in [1.165, 1.54) is 38.5 Å². The van der Waals surface area contributed by atoms with Crippen LogP contribution in [0.25, 0.3) is 44.3 Å². The predicted octanol–water partition coefficient (Wildman–Crippen LogP) is 12.0. The maximum absolute atomic E-state index is 13.8. The van der Waals surface area contributed by atoms with E-state index in [0.29, 0.717) is 84.8 Å². The number of carbonyl (C=O) groups is 2. The van der Waals surface area contributed by atoms with E-state index in [4.69, 9.17) is 35.3 Å². The number of ketones is 2. The first-order valence-corrected chi connectivity index (χ1v) is 25.4. The molecule has 11 rings (SSSR count). The normalized spacial score (nSPS) is 17.2. The topological polar surface area (TPSA) is 205 Å². The first-order valence-electron chi connectivity index (χ1n) is 25.4. The van der Waals surface area contributed by atoms with Gasteiger partial charge in [-0.3, -0.25) is 19.6 Å². The molecular weight excluding hydrogens is 1030 g/mol. The SMILES string of the molecule is C.C.C#C[C@@]1(C)COc2c1cc([C@@](C)(O)CCC(=O)c1cc(OC)c3ncccc3c1)nc2-c1ccc(F)cc1.COc1cc(C(=O)CC[C@](C)(O)c2cc3c(c(-c4ccc(F)cc4)n2)OC[C@]3(C)c2cn[nH]n2)cc2cccnc12. The van der Waals surface area contributed by atoms with Gasteiger partial charge in [0.25, 0.3) is 0 Å². The second kappa shape index (κ2) is 23.0. The van der Waals surface area contributed by atoms with Gasteiger partial charge in [-0.1, -0.05) is 32.9 Å². The Labute approximate surface area is 468 Å². The van der Waals surface area contributed by atoms with E-state index >= 15 is 0 Å². The molecule has 2 aliphatic heterocycles. The fourth-order valence-electron chi connectivity index (χ4n) is 9.93. The first kappa shape index (κ1) is 58.2. The number of methoxy groups -OCH3 is 2. The van der Waals surface area contributed by atoms with E-state index in [-0.39, 0.29) is 77.0 Å². The third-order valence-electron chi connectivity index (χ3n) is 14.9. The minimum Gasteiger partial charge on any atom is -0.494 e. The van der Waals surface area contributed by atoms with Gasteiger partial charge in [0.1, 0.15) is 75.7 Å². The lowest BCUT2D eigenvalue weighted by molar-refractivity contribution is 0.0395. The number of benzene rings is 4. The average molecular weight is 1100 g/mol. The van der Waals surface area contributed by atoms with Crippen molar-refractivity contribution in [3.05, 3.63) is 179 Å². The van der Waals surface area contributed by atoms with Crippen LogP contribution in [0.3, 0.4) is 0 Å². The van der Waals surface area contributed by atoms with Crippen LogP contribution in [-0.2, 0) is 22.0 Å². The lowest BCUT2D eigenvalue weighted by Crippen LogP contribution is -2.28. The molecule has 0 saturated heterocycles. The molecule has 4 aromatic carbocycles. The number of hydrogen-bond acceptors (Lipinski definition) is 14. The fraction of sp³-hybridized carbons (Fsp3) is 0.281. The van der Waals surface area contributed by atoms with Crippen molar-refractivity contribution in [2.24, 2.45) is 0 Å². The number of nitrogens with zero attached hydrogens (tertiary/aromatic N) is 6. The first-order chi connectivity index (χ1) is 37.8. The van der Waals surface area contributed by atoms with Crippen molar-refractivity contribution >= 4 is 33.4 Å². The summed E-state index contributed by atoms with van der Waals surface area (Å²) in [5.74, 6) is 3.83. The number of halogens is 2. The number of H-pyrrole nitrogens is 1. The highest BCUT2D eigenvalue weighted by molar-refractivity contribution is 6.02. The zero-order valence-corrected chi connectivity index (χ0v) is 44.2. The zero-order valence-electron chi connectivity index (χ0n) is 44.2. The second-order valence-electron chi connectivity index (χ2n) is 20.6. The number of rotatable bonds is 15. The van der Waals surface area contributed by atoms with Crippen LogP contribution in [0.4, 0.5) is 8.78 Å². The van der Waals surface area contributed by atoms with Crippen LogP contribution in [-0.4, -0.2) is 84.6 Å². The van der Waals surface area contributed by atoms with Gasteiger partial charge in [-0.2, -0.15) is 15.4 Å². The maximum Gasteiger partial charge on any atom is 0.163 e. The standard InChI is InChI=1S/C31H28FN5O4.C31H27FN2O4.2CH4/c1-30(26-16-34-37-36-26)17-41-29-22(30)15-25(35-28(29)18-6-8-21(32)9-7-18)31(2,39)11-10-23(38)20-13-19-5-4-12-33-27(19)24(14-20)40-3;1-5-30(2)18-38-29-23(30)17-26(34-28(29)19-8-10-22(32)11-9-19)31(3,36)13-12-24(35)21-15-20-7-6-14-33-27(20)25(16-21)37-4;;/h4-9,12-16,39H,10-11,17H2,1-3H3,(H,34,36,37);1,6-11,14-17,36H,12-13,18H2,2-4H3;2*1H4/t2*30-,31-;;/m00../s1. The number of nitrogens with one attached hydrogen (secondary N) is 1. The molecule has 7 heterocycles. The molecule has 0 bridgehead atoms. The molecule has 0 unspecified atom stereocenters. The molecular formula is C64H63F2N7O8. The molecule has 17 heteroatoms. The summed E-state index contributed by atoms with van der Waals surface area (Å²) in [7, 11) is 3.08. The molecule has 15 nitrogen and oxygen atoms in total. The number of hydrogen-bond donors (Lipinski definition) is 3. The van der Waals surface area contributed by atoms with Gasteiger partial charge in [0, 0.05) is 69.4 Å². The summed E-state index contributed by atoms with van der Waals surface area (Å²) in [6.45, 7) is 7.67. The van der Waals surface area contributed by atoms with Crippen LogP contribution in [0.1, 0.15) is 117 Å². The number of fused-ring (bicyclic) bond motifs is 4. The van der Waals surface area contributed by atoms with Crippen LogP contribution in [0, 0.1) is 24.0 Å². The minimum atomic E-state index is -1.48. The number of Topliss-reactive ketones (excluding diaryl/α,β-unsaturated/α-hetero) is 2. The van der Waals surface area contributed by atoms with Gasteiger partial charge in [0.2, 0.25) is 0 Å². The number of pyridine rings is 4. The monoisotopic (exact) mass is 1100 g/mol. The number of aromatic nitrogens is 7. The lowest BCUT2D eigenvalue weighted by Gasteiger charge is -2.26. The van der Waals surface area contributed by atoms with E-state index in [9.17, 15) is 28.6 Å². The number of ether oxygens (including phenoxy) is 4. The summed E-state index contributed by atoms with van der Waals surface area (Å²) in [5.41, 5.74) is 3.07. The smallest absolute Gasteiger partial charge is 0.163 e. The molecule has 0 amide bonds. The zero-order chi connectivity index (χ0) is 55.9. The maximum atomic E-state index is 13.8. The summed E-state index contributed by atoms with van der Waals surface area (Å²) in [6.07, 6.45) is 11.2. The average Bonchev–Trinajstić information content (AvgIpc) is 4.45. The summed E-state index contributed by atoms with van der Waals surface area (Å²) in [5, 5.41) is 35.8. The van der Waals surface area contributed by atoms with Crippen LogP contribution in [0.5, 0.6) is 23.0 Å². The Morgan fingerprint density at radius 3 is 1.59 bits per heavy atom. The van der Waals surface area contributed by atoms with Gasteiger partial charge < -0.3 is 29.2 Å². The number of aromatic amines is 1. The van der Waals surface area contributed by atoms with Crippen LogP contribution < -0.4 is 18.9 Å². The van der Waals surface area contributed by atoms with Crippen LogP contribution in [0.2, 0.25) is 0 Å². The Morgan fingerprint density at radius 1 is 0.691 bits per heavy atom. The number of terminal acetylenes is 1. The highest BCUT2D eigenvalue weighted by atomic mass is 19.1. The molecule has 0 spiro atoms. The summed E-state index contributed by atoms with van der Waals surface area (Å²) in [4.78, 5) is 44.7. The third-order valence-corrected chi connectivity index (χ3v) is 14.9. The van der Waals surface area contributed by atoms with Crippen molar-refractivity contribution in [1.29, 1.82) is 0 Å². The largest absolute Gasteiger partial charge is 0.494 e. The van der Waals surface area contributed by atoms with Crippen molar-refractivity contribution in [3.63, 3.8) is 0 Å². The van der Waals surface area contributed by atoms with Crippen molar-refractivity contribution in [2.45, 2.75) is 90.3 Å². The summed E-state index contributed by atoms with van der Waals surface area (Å²) >= 11 is 0. The van der Waals surface area contributed by atoms with Gasteiger partial charge in [-0.25, -0.2) is 18.7 Å². The van der Waals surface area contributed by atoms with Gasteiger partial charge >= 0.3 is 0 Å². The minimum absolute atomic E-state index is 0. The van der Waals surface area contributed by atoms with Gasteiger partial charge in [-0.15, -0.1) is 6.42 Å². The molecule has 9 aromatic rings. The lowest BCUT2D eigenvalue weighted by atomic mass is 9.80.